The van der Waals surface area contributed by atoms with Gasteiger partial charge < -0.3 is 0 Å². The summed E-state index contributed by atoms with van der Waals surface area (Å²) in [5.74, 6) is 1.46. The number of rotatable bonds is 4. The van der Waals surface area contributed by atoms with Gasteiger partial charge in [-0.2, -0.15) is 0 Å². The second kappa shape index (κ2) is 6.51. The third-order valence-corrected chi connectivity index (χ3v) is 7.79. The maximum absolute atomic E-state index is 12.9. The molecule has 2 rings (SSSR count). The van der Waals surface area contributed by atoms with E-state index in [1.165, 1.54) is 43.0 Å². The predicted molar refractivity (Wildman–Crippen MR) is 79.4 cm³/mol. The second-order valence-corrected chi connectivity index (χ2v) is 9.70. The van der Waals surface area contributed by atoms with E-state index in [4.69, 9.17) is 0 Å². The molecule has 0 unspecified atom stereocenters. The van der Waals surface area contributed by atoms with E-state index >= 15 is 0 Å². The predicted octanol–water partition coefficient (Wildman–Crippen LogP) is 4.98. The lowest BCUT2D eigenvalue weighted by Crippen LogP contribution is -2.20. The van der Waals surface area contributed by atoms with Crippen molar-refractivity contribution in [2.24, 2.45) is 5.92 Å². The fourth-order valence-corrected chi connectivity index (χ4v) is 6.84. The highest BCUT2D eigenvalue weighted by molar-refractivity contribution is 6.59. The Labute approximate surface area is 112 Å². The van der Waals surface area contributed by atoms with Gasteiger partial charge in [-0.1, -0.05) is 50.5 Å². The Morgan fingerprint density at radius 1 is 1.17 bits per heavy atom. The first-order valence-corrected chi connectivity index (χ1v) is 9.85. The van der Waals surface area contributed by atoms with Crippen LogP contribution in [0.2, 0.25) is 18.1 Å². The van der Waals surface area contributed by atoms with E-state index in [9.17, 15) is 4.39 Å². The molecule has 0 N–H and O–H groups in total. The maximum atomic E-state index is 12.9. The molecular formula is C16H25FSi. The number of halogens is 1. The topological polar surface area (TPSA) is 0 Å². The summed E-state index contributed by atoms with van der Waals surface area (Å²) in [6, 6.07) is 11.7. The zero-order valence-corrected chi connectivity index (χ0v) is 12.8. The van der Waals surface area contributed by atoms with Crippen molar-refractivity contribution >= 4 is 8.80 Å². The van der Waals surface area contributed by atoms with Crippen LogP contribution in [0.4, 0.5) is 4.39 Å². The van der Waals surface area contributed by atoms with E-state index in [0.717, 1.165) is 5.92 Å². The molecule has 0 atom stereocenters. The van der Waals surface area contributed by atoms with E-state index in [2.05, 4.69) is 13.8 Å². The molecule has 100 valence electrons. The van der Waals surface area contributed by atoms with Gasteiger partial charge in [0.15, 0.2) is 0 Å². The molecule has 0 radical (unpaired) electrons. The first kappa shape index (κ1) is 13.8. The molecule has 1 aromatic rings. The minimum Gasteiger partial charge on any atom is -0.207 e. The zero-order valence-electron chi connectivity index (χ0n) is 11.7. The van der Waals surface area contributed by atoms with Crippen molar-refractivity contribution in [2.45, 2.75) is 57.2 Å². The van der Waals surface area contributed by atoms with Crippen molar-refractivity contribution in [1.82, 2.24) is 0 Å². The van der Waals surface area contributed by atoms with Gasteiger partial charge in [0.1, 0.15) is 5.82 Å². The molecule has 0 bridgehead atoms. The van der Waals surface area contributed by atoms with E-state index in [1.807, 2.05) is 12.1 Å². The lowest BCUT2D eigenvalue weighted by Gasteiger charge is -2.28. The van der Waals surface area contributed by atoms with Gasteiger partial charge in [0.05, 0.1) is 0 Å². The Kier molecular flexibility index (Phi) is 4.99. The Morgan fingerprint density at radius 2 is 1.78 bits per heavy atom. The molecular weight excluding hydrogens is 239 g/mol. The number of hydrogen-bond acceptors (Lipinski definition) is 0. The first-order chi connectivity index (χ1) is 8.65. The molecule has 0 amide bonds. The quantitative estimate of drug-likeness (QED) is 0.673. The van der Waals surface area contributed by atoms with Crippen LogP contribution < -0.4 is 0 Å². The SMILES string of the molecule is CC(C)CC[SiH]1CCC(c2ccc(F)cc2)CC1. The van der Waals surface area contributed by atoms with Crippen LogP contribution >= 0.6 is 0 Å². The summed E-state index contributed by atoms with van der Waals surface area (Å²) in [4.78, 5) is 0. The Morgan fingerprint density at radius 3 is 2.33 bits per heavy atom. The van der Waals surface area contributed by atoms with Crippen LogP contribution in [0.15, 0.2) is 24.3 Å². The fraction of sp³-hybridized carbons (Fsp3) is 0.625. The summed E-state index contributed by atoms with van der Waals surface area (Å²) in [5, 5.41) is 0. The minimum atomic E-state index is -0.428. The molecule has 1 aliphatic rings. The van der Waals surface area contributed by atoms with Crippen molar-refractivity contribution in [2.75, 3.05) is 0 Å². The average Bonchev–Trinajstić information content (AvgIpc) is 2.38. The highest BCUT2D eigenvalue weighted by atomic mass is 28.3. The third kappa shape index (κ3) is 3.94. The van der Waals surface area contributed by atoms with Crippen molar-refractivity contribution in [3.63, 3.8) is 0 Å². The van der Waals surface area contributed by atoms with Gasteiger partial charge in [-0.05, 0) is 42.4 Å². The highest BCUT2D eigenvalue weighted by Crippen LogP contribution is 2.35. The van der Waals surface area contributed by atoms with Gasteiger partial charge in [-0.15, -0.1) is 0 Å². The van der Waals surface area contributed by atoms with Gasteiger partial charge >= 0.3 is 0 Å². The first-order valence-electron chi connectivity index (χ1n) is 7.40. The molecule has 1 heterocycles. The summed E-state index contributed by atoms with van der Waals surface area (Å²) >= 11 is 0. The molecule has 0 aromatic heterocycles. The molecule has 1 fully saturated rings. The van der Waals surface area contributed by atoms with Crippen molar-refractivity contribution < 1.29 is 4.39 Å². The van der Waals surface area contributed by atoms with E-state index in [-0.39, 0.29) is 5.82 Å². The monoisotopic (exact) mass is 264 g/mol. The van der Waals surface area contributed by atoms with Crippen molar-refractivity contribution in [1.29, 1.82) is 0 Å². The number of hydrogen-bond donors (Lipinski definition) is 0. The van der Waals surface area contributed by atoms with Crippen LogP contribution in [0.3, 0.4) is 0 Å². The molecule has 1 aliphatic heterocycles. The van der Waals surface area contributed by atoms with Gasteiger partial charge in [-0.3, -0.25) is 0 Å². The normalized spacial score (nSPS) is 24.4. The Bertz CT molecular complexity index is 350. The zero-order chi connectivity index (χ0) is 13.0. The summed E-state index contributed by atoms with van der Waals surface area (Å²) in [6.07, 6.45) is 4.12. The molecule has 0 aliphatic carbocycles. The van der Waals surface area contributed by atoms with Crippen LogP contribution in [-0.4, -0.2) is 8.80 Å². The molecule has 18 heavy (non-hydrogen) atoms. The largest absolute Gasteiger partial charge is 0.207 e. The average molecular weight is 264 g/mol. The molecule has 0 saturated carbocycles. The standard InChI is InChI=1S/C16H25FSi/c1-13(2)7-10-18-11-8-15(9-12-18)14-3-5-16(17)6-4-14/h3-6,13,15,18H,7-12H2,1-2H3. The Hall–Kier alpha value is -0.633. The molecule has 0 nitrogen and oxygen atoms in total. The van der Waals surface area contributed by atoms with Gasteiger partial charge in [0.2, 0.25) is 0 Å². The summed E-state index contributed by atoms with van der Waals surface area (Å²) in [5.41, 5.74) is 1.35. The van der Waals surface area contributed by atoms with Crippen LogP contribution in [-0.2, 0) is 0 Å². The van der Waals surface area contributed by atoms with Gasteiger partial charge in [0, 0.05) is 8.80 Å². The minimum absolute atomic E-state index is 0.112. The summed E-state index contributed by atoms with van der Waals surface area (Å²) < 4.78 is 12.9. The lowest BCUT2D eigenvalue weighted by atomic mass is 9.93. The molecule has 0 spiro atoms. The summed E-state index contributed by atoms with van der Waals surface area (Å²) in [7, 11) is -0.428. The van der Waals surface area contributed by atoms with Gasteiger partial charge in [-0.25, -0.2) is 4.39 Å². The van der Waals surface area contributed by atoms with Crippen LogP contribution in [0, 0.1) is 11.7 Å². The fourth-order valence-electron chi connectivity index (χ4n) is 3.09. The van der Waals surface area contributed by atoms with Crippen molar-refractivity contribution in [3.8, 4) is 0 Å². The number of benzene rings is 1. The van der Waals surface area contributed by atoms with Crippen LogP contribution in [0.25, 0.3) is 0 Å². The summed E-state index contributed by atoms with van der Waals surface area (Å²) in [6.45, 7) is 4.66. The van der Waals surface area contributed by atoms with Crippen LogP contribution in [0.1, 0.15) is 44.6 Å². The molecule has 1 saturated heterocycles. The van der Waals surface area contributed by atoms with Crippen LogP contribution in [0.5, 0.6) is 0 Å². The second-order valence-electron chi connectivity index (χ2n) is 6.24. The van der Waals surface area contributed by atoms with Gasteiger partial charge in [0.25, 0.3) is 0 Å². The maximum Gasteiger partial charge on any atom is 0.123 e. The molecule has 2 heteroatoms. The lowest BCUT2D eigenvalue weighted by molar-refractivity contribution is 0.584. The highest BCUT2D eigenvalue weighted by Gasteiger charge is 2.23. The van der Waals surface area contributed by atoms with E-state index < -0.39 is 8.80 Å². The Balaban J connectivity index is 1.81. The smallest absolute Gasteiger partial charge is 0.123 e. The van der Waals surface area contributed by atoms with Crippen molar-refractivity contribution in [3.05, 3.63) is 35.6 Å². The molecule has 1 aromatic carbocycles. The third-order valence-electron chi connectivity index (χ3n) is 4.34. The van der Waals surface area contributed by atoms with E-state index in [0.29, 0.717) is 5.92 Å². The van der Waals surface area contributed by atoms with E-state index in [1.54, 1.807) is 12.1 Å².